The lowest BCUT2D eigenvalue weighted by Gasteiger charge is -2.35. The van der Waals surface area contributed by atoms with Crippen LogP contribution in [0.1, 0.15) is 142 Å². The average Bonchev–Trinajstić information content (AvgIpc) is 3.44. The van der Waals surface area contributed by atoms with Gasteiger partial charge >= 0.3 is 22.3 Å². The molecule has 0 aliphatic carbocycles. The Morgan fingerprint density at radius 1 is 0.951 bits per heavy atom. The van der Waals surface area contributed by atoms with Crippen molar-refractivity contribution in [3.63, 3.8) is 0 Å². The molecule has 0 aromatic carbocycles. The van der Waals surface area contributed by atoms with Gasteiger partial charge in [0.1, 0.15) is 32.0 Å². The maximum Gasteiger partial charge on any atom is 0.397 e. The van der Waals surface area contributed by atoms with E-state index >= 15 is 0 Å². The number of phosphoric ester groups is 1. The monoisotopic (exact) mass is 916 g/mol. The molecule has 358 valence electrons. The molecule has 20 heteroatoms. The summed E-state index contributed by atoms with van der Waals surface area (Å²) in [5.74, 6) is -3.98. The number of hydrogen-bond donors (Lipinski definition) is 3. The third-order valence-electron chi connectivity index (χ3n) is 10.4. The van der Waals surface area contributed by atoms with Crippen molar-refractivity contribution in [2.24, 2.45) is 5.73 Å². The Morgan fingerprint density at radius 2 is 1.56 bits per heavy atom. The highest BCUT2D eigenvalue weighted by Crippen LogP contribution is 2.46. The molecule has 1 unspecified atom stereocenters. The number of ether oxygens (including phenoxy) is 5. The molecule has 2 heterocycles. The molecule has 0 aromatic heterocycles. The maximum atomic E-state index is 12.2. The van der Waals surface area contributed by atoms with Crippen LogP contribution >= 0.6 is 7.82 Å². The van der Waals surface area contributed by atoms with Gasteiger partial charge in [-0.25, -0.2) is 8.98 Å². The second kappa shape index (κ2) is 28.4. The Bertz CT molecular complexity index is 1440. The minimum atomic E-state index is -4.82. The molecule has 2 aliphatic rings. The Hall–Kier alpha value is -1.58. The Labute approximate surface area is 364 Å². The molecule has 4 N–H and O–H groups in total. The molecule has 2 saturated heterocycles. The zero-order valence-corrected chi connectivity index (χ0v) is 39.0. The summed E-state index contributed by atoms with van der Waals surface area (Å²) in [6, 6.07) is -0.612. The number of esters is 2. The summed E-state index contributed by atoms with van der Waals surface area (Å²) in [5.41, 5.74) is 5.69. The van der Waals surface area contributed by atoms with Gasteiger partial charge in [0.15, 0.2) is 5.79 Å². The number of nitrogens with two attached hydrogens (primary N) is 1. The van der Waals surface area contributed by atoms with Gasteiger partial charge in [0, 0.05) is 32.4 Å². The van der Waals surface area contributed by atoms with Crippen molar-refractivity contribution in [1.82, 2.24) is 0 Å². The molecule has 0 amide bonds. The number of likely N-dealkylation sites (N-methyl/N-ethyl adjacent to an activating group) is 1. The highest BCUT2D eigenvalue weighted by molar-refractivity contribution is 7.80. The van der Waals surface area contributed by atoms with Crippen molar-refractivity contribution in [2.45, 2.75) is 178 Å². The third kappa shape index (κ3) is 27.4. The molecule has 2 rings (SSSR count). The summed E-state index contributed by atoms with van der Waals surface area (Å²) in [4.78, 5) is 36.1. The van der Waals surface area contributed by atoms with Crippen LogP contribution in [-0.2, 0) is 61.5 Å². The lowest BCUT2D eigenvalue weighted by Crippen LogP contribution is -2.43. The van der Waals surface area contributed by atoms with E-state index in [1.165, 1.54) is 57.9 Å². The van der Waals surface area contributed by atoms with Crippen LogP contribution in [-0.4, -0.2) is 131 Å². The Kier molecular flexibility index (Phi) is 25.8. The van der Waals surface area contributed by atoms with Crippen LogP contribution in [0.5, 0.6) is 0 Å². The summed E-state index contributed by atoms with van der Waals surface area (Å²) in [6.45, 7) is 2.48. The van der Waals surface area contributed by atoms with Crippen LogP contribution in [0.3, 0.4) is 0 Å². The number of carbonyl (C=O) groups is 2. The summed E-state index contributed by atoms with van der Waals surface area (Å²) in [6.07, 6.45) is 22.0. The van der Waals surface area contributed by atoms with E-state index in [4.69, 9.17) is 43.0 Å². The number of quaternary nitrogens is 1. The molecule has 7 atom stereocenters. The minimum Gasteiger partial charge on any atom is -0.756 e. The number of phosphoric acid groups is 1. The first-order valence-corrected chi connectivity index (χ1v) is 24.9. The molecule has 2 fully saturated rings. The minimum absolute atomic E-state index is 0.125. The summed E-state index contributed by atoms with van der Waals surface area (Å²) >= 11 is 0. The van der Waals surface area contributed by atoms with Crippen LogP contribution in [0.15, 0.2) is 12.2 Å². The summed E-state index contributed by atoms with van der Waals surface area (Å²) in [5, 5.41) is 10.3. The summed E-state index contributed by atoms with van der Waals surface area (Å²) in [7, 11) is -3.69. The van der Waals surface area contributed by atoms with E-state index in [1.54, 1.807) is 6.08 Å². The van der Waals surface area contributed by atoms with Crippen molar-refractivity contribution < 1.29 is 78.5 Å². The maximum absolute atomic E-state index is 12.2. The van der Waals surface area contributed by atoms with Crippen LogP contribution < -0.4 is 10.6 Å². The number of fused-ring (bicyclic) bond motifs is 2. The van der Waals surface area contributed by atoms with Crippen molar-refractivity contribution in [3.05, 3.63) is 12.2 Å². The van der Waals surface area contributed by atoms with Gasteiger partial charge in [-0.3, -0.25) is 18.4 Å². The van der Waals surface area contributed by atoms with Crippen LogP contribution in [0.25, 0.3) is 0 Å². The molecule has 0 aromatic rings. The van der Waals surface area contributed by atoms with Gasteiger partial charge in [0.05, 0.1) is 46.5 Å². The Balaban J connectivity index is 1.56. The SMILES string of the molecule is CC(=O)O[C@@H]1CC[C@]2(CCCCCCCCCCCCCCOC[C@@H](N)COS(=O)(=O)O)O[C@@H]1[C@@H](CCCCC/C=C/C(=O)OC[C@](C)(O)OP(=O)([O-])OCC[N+](C)(C)C)O2. The standard InChI is InChI=1S/C41H77N2O16PS/c1-34(44)56-36-25-27-41(26-21-17-12-10-8-6-7-9-11-13-18-22-29-52-31-35(42)32-55-61(49,50)51)57-37(39(36)58-41)23-19-15-14-16-20-24-38(45)53-33-40(2,46)59-60(47,48)54-30-28-43(3,4)5/h20,24,35-37,39,46H,6-19,21-23,25-33,42H2,1-5H3,(H-,47,48,49,50,51)/b24-20+/t35-,36-,37-,39+,40-,41+/m1/s1. The molecular formula is C41H77N2O16PS. The van der Waals surface area contributed by atoms with Crippen LogP contribution in [0.2, 0.25) is 0 Å². The molecule has 0 spiro atoms. The van der Waals surface area contributed by atoms with Gasteiger partial charge in [0.25, 0.3) is 7.82 Å². The number of nitrogens with zero attached hydrogens (tertiary/aromatic N) is 1. The fourth-order valence-electron chi connectivity index (χ4n) is 7.22. The molecule has 2 aliphatic heterocycles. The molecule has 2 bridgehead atoms. The van der Waals surface area contributed by atoms with Crippen LogP contribution in [0.4, 0.5) is 0 Å². The Morgan fingerprint density at radius 3 is 2.16 bits per heavy atom. The normalized spacial score (nSPS) is 23.1. The first-order valence-electron chi connectivity index (χ1n) is 22.1. The zero-order valence-electron chi connectivity index (χ0n) is 37.3. The van der Waals surface area contributed by atoms with Gasteiger partial charge in [-0.05, 0) is 45.4 Å². The van der Waals surface area contributed by atoms with Crippen molar-refractivity contribution in [2.75, 3.05) is 60.7 Å². The fraction of sp³-hybridized carbons (Fsp3) is 0.902. The predicted octanol–water partition coefficient (Wildman–Crippen LogP) is 5.39. The number of aliphatic hydroxyl groups is 1. The second-order valence-electron chi connectivity index (χ2n) is 17.6. The quantitative estimate of drug-likeness (QED) is 0.0135. The van der Waals surface area contributed by atoms with E-state index in [1.807, 2.05) is 21.1 Å². The largest absolute Gasteiger partial charge is 0.756 e. The molecule has 0 radical (unpaired) electrons. The third-order valence-corrected chi connectivity index (χ3v) is 11.9. The topological polar surface area (TPSA) is 249 Å². The summed E-state index contributed by atoms with van der Waals surface area (Å²) < 4.78 is 85.2. The van der Waals surface area contributed by atoms with E-state index in [0.29, 0.717) is 36.9 Å². The highest BCUT2D eigenvalue weighted by Gasteiger charge is 2.54. The van der Waals surface area contributed by atoms with Gasteiger partial charge in [-0.1, -0.05) is 83.1 Å². The van der Waals surface area contributed by atoms with E-state index < -0.39 is 48.4 Å². The van der Waals surface area contributed by atoms with Gasteiger partial charge in [-0.15, -0.1) is 0 Å². The number of hydrogen-bond acceptors (Lipinski definition) is 16. The van der Waals surface area contributed by atoms with Crippen molar-refractivity contribution in [3.8, 4) is 0 Å². The number of allylic oxidation sites excluding steroid dienone is 1. The van der Waals surface area contributed by atoms with Gasteiger partial charge < -0.3 is 48.4 Å². The predicted molar refractivity (Wildman–Crippen MR) is 225 cm³/mol. The molecule has 61 heavy (non-hydrogen) atoms. The average molecular weight is 917 g/mol. The molecular weight excluding hydrogens is 839 g/mol. The van der Waals surface area contributed by atoms with Gasteiger partial charge in [-0.2, -0.15) is 8.42 Å². The van der Waals surface area contributed by atoms with Crippen LogP contribution in [0, 0.1) is 0 Å². The highest BCUT2D eigenvalue weighted by atomic mass is 32.3. The lowest BCUT2D eigenvalue weighted by atomic mass is 9.94. The van der Waals surface area contributed by atoms with E-state index in [2.05, 4.69) is 4.18 Å². The number of unbranched alkanes of at least 4 members (excludes halogenated alkanes) is 14. The number of rotatable bonds is 36. The fourth-order valence-corrected chi connectivity index (χ4v) is 8.46. The van der Waals surface area contributed by atoms with Crippen molar-refractivity contribution in [1.29, 1.82) is 0 Å². The van der Waals surface area contributed by atoms with Crippen molar-refractivity contribution >= 4 is 30.2 Å². The van der Waals surface area contributed by atoms with E-state index in [-0.39, 0.29) is 44.1 Å². The zero-order chi connectivity index (χ0) is 45.4. The second-order valence-corrected chi connectivity index (χ2v) is 20.0. The van der Waals surface area contributed by atoms with Gasteiger partial charge in [0.2, 0.25) is 5.79 Å². The smallest absolute Gasteiger partial charge is 0.397 e. The van der Waals surface area contributed by atoms with E-state index in [9.17, 15) is 32.6 Å². The lowest BCUT2D eigenvalue weighted by molar-refractivity contribution is -0.870. The number of carbonyl (C=O) groups excluding carboxylic acids is 2. The van der Waals surface area contributed by atoms with E-state index in [0.717, 1.165) is 71.1 Å². The first kappa shape index (κ1) is 55.6. The molecule has 0 saturated carbocycles. The molecule has 18 nitrogen and oxygen atoms in total. The first-order chi connectivity index (χ1) is 28.6.